The van der Waals surface area contributed by atoms with Gasteiger partial charge in [-0.15, -0.1) is 0 Å². The summed E-state index contributed by atoms with van der Waals surface area (Å²) in [5.74, 6) is 0.741. The van der Waals surface area contributed by atoms with Crippen molar-refractivity contribution in [3.8, 4) is 5.75 Å². The second-order valence-corrected chi connectivity index (χ2v) is 7.47. The van der Waals surface area contributed by atoms with Gasteiger partial charge in [-0.1, -0.05) is 48.5 Å². The number of hydrogen-bond donors (Lipinski definition) is 0. The van der Waals surface area contributed by atoms with E-state index in [-0.39, 0.29) is 11.7 Å². The molecular formula is C24H21Cl2NO3. The van der Waals surface area contributed by atoms with Gasteiger partial charge in [0.2, 0.25) is 5.24 Å². The van der Waals surface area contributed by atoms with Gasteiger partial charge < -0.3 is 4.74 Å². The minimum absolute atomic E-state index is 0.249. The number of anilines is 2. The third-order valence-electron chi connectivity index (χ3n) is 4.78. The third-order valence-corrected chi connectivity index (χ3v) is 5.08. The molecule has 1 amide bonds. The van der Waals surface area contributed by atoms with E-state index < -0.39 is 5.37 Å². The lowest BCUT2D eigenvalue weighted by molar-refractivity contribution is -0.111. The first kappa shape index (κ1) is 21.9. The number of hydrogen-bond acceptors (Lipinski definition) is 3. The predicted molar refractivity (Wildman–Crippen MR) is 121 cm³/mol. The van der Waals surface area contributed by atoms with E-state index in [0.29, 0.717) is 0 Å². The van der Waals surface area contributed by atoms with Crippen molar-refractivity contribution >= 4 is 45.2 Å². The van der Waals surface area contributed by atoms with Crippen molar-refractivity contribution in [1.82, 2.24) is 0 Å². The zero-order valence-corrected chi connectivity index (χ0v) is 18.0. The molecule has 4 rings (SSSR count). The number of aryl methyl sites for hydroxylation is 2. The van der Waals surface area contributed by atoms with Gasteiger partial charge in [0, 0.05) is 6.42 Å². The van der Waals surface area contributed by atoms with E-state index in [2.05, 4.69) is 0 Å². The lowest BCUT2D eigenvalue weighted by Crippen LogP contribution is -2.20. The van der Waals surface area contributed by atoms with Crippen LogP contribution in [0.5, 0.6) is 5.75 Å². The summed E-state index contributed by atoms with van der Waals surface area (Å²) in [5, 5.41) is -0.819. The first-order valence-electron chi connectivity index (χ1n) is 9.46. The van der Waals surface area contributed by atoms with Crippen LogP contribution in [0.1, 0.15) is 16.7 Å². The fourth-order valence-corrected chi connectivity index (χ4v) is 3.75. The maximum atomic E-state index is 11.8. The van der Waals surface area contributed by atoms with Crippen molar-refractivity contribution in [3.63, 3.8) is 0 Å². The van der Waals surface area contributed by atoms with Crippen molar-refractivity contribution in [2.24, 2.45) is 0 Å². The Balaban J connectivity index is 0.000000187. The van der Waals surface area contributed by atoms with Crippen LogP contribution in [-0.4, -0.2) is 17.7 Å². The smallest absolute Gasteiger partial charge is 0.325 e. The predicted octanol–water partition coefficient (Wildman–Crippen LogP) is 6.29. The molecule has 0 unspecified atom stereocenters. The maximum absolute atomic E-state index is 11.8. The zero-order valence-electron chi connectivity index (χ0n) is 16.5. The highest BCUT2D eigenvalue weighted by Crippen LogP contribution is 2.36. The normalized spacial score (nSPS) is 11.9. The van der Waals surface area contributed by atoms with Gasteiger partial charge in [-0.05, 0) is 77.0 Å². The highest BCUT2D eigenvalue weighted by Gasteiger charge is 2.23. The first-order chi connectivity index (χ1) is 14.5. The van der Waals surface area contributed by atoms with E-state index in [4.69, 9.17) is 27.9 Å². The summed E-state index contributed by atoms with van der Waals surface area (Å²) in [6.45, 7) is 0. The van der Waals surface area contributed by atoms with Gasteiger partial charge in [0.15, 0.2) is 0 Å². The molecular weight excluding hydrogens is 421 g/mol. The second-order valence-electron chi connectivity index (χ2n) is 6.73. The van der Waals surface area contributed by atoms with E-state index in [1.807, 2.05) is 66.7 Å². The molecule has 0 atom stereocenters. The Bertz CT molecular complexity index is 1000. The molecule has 0 spiro atoms. The number of nitrogens with zero attached hydrogens (tertiary/aromatic N) is 1. The van der Waals surface area contributed by atoms with Crippen molar-refractivity contribution in [2.45, 2.75) is 19.3 Å². The summed E-state index contributed by atoms with van der Waals surface area (Å²) >= 11 is 11.0. The number of methoxy groups -OCH3 is 1. The van der Waals surface area contributed by atoms with Crippen LogP contribution in [0.4, 0.5) is 16.2 Å². The van der Waals surface area contributed by atoms with Gasteiger partial charge in [-0.3, -0.25) is 14.5 Å². The summed E-state index contributed by atoms with van der Waals surface area (Å²) in [5.41, 5.74) is 4.96. The Labute approximate surface area is 186 Å². The molecule has 1 heterocycles. The van der Waals surface area contributed by atoms with Crippen molar-refractivity contribution < 1.29 is 14.3 Å². The Morgan fingerprint density at radius 2 is 1.43 bits per heavy atom. The molecule has 0 bridgehead atoms. The number of halogens is 2. The zero-order chi connectivity index (χ0) is 21.5. The highest BCUT2D eigenvalue weighted by molar-refractivity contribution is 6.67. The third kappa shape index (κ3) is 5.41. The lowest BCUT2D eigenvalue weighted by atomic mass is 10.0. The summed E-state index contributed by atoms with van der Waals surface area (Å²) < 4.78 is 4.98. The van der Waals surface area contributed by atoms with E-state index in [9.17, 15) is 9.59 Å². The molecule has 3 aromatic carbocycles. The van der Waals surface area contributed by atoms with Crippen LogP contribution in [0.3, 0.4) is 0 Å². The maximum Gasteiger partial charge on any atom is 0.325 e. The molecule has 0 fully saturated rings. The summed E-state index contributed by atoms with van der Waals surface area (Å²) in [6, 6.07) is 23.1. The number of fused-ring (bicyclic) bond motifs is 2. The number of para-hydroxylation sites is 2. The Morgan fingerprint density at radius 3 is 1.93 bits per heavy atom. The van der Waals surface area contributed by atoms with Crippen molar-refractivity contribution in [3.05, 3.63) is 89.5 Å². The molecule has 1 aliphatic rings. The average Bonchev–Trinajstić information content (AvgIpc) is 2.91. The van der Waals surface area contributed by atoms with Gasteiger partial charge in [0.05, 0.1) is 18.5 Å². The Kier molecular flexibility index (Phi) is 7.50. The summed E-state index contributed by atoms with van der Waals surface area (Å²) in [7, 11) is 1.58. The molecule has 4 nitrogen and oxygen atoms in total. The number of carbonyl (C=O) groups is 2. The number of ether oxygens (including phenoxy) is 1. The molecule has 30 heavy (non-hydrogen) atoms. The molecule has 154 valence electrons. The van der Waals surface area contributed by atoms with E-state index in [1.165, 1.54) is 0 Å². The van der Waals surface area contributed by atoms with Gasteiger partial charge in [-0.25, -0.2) is 0 Å². The largest absolute Gasteiger partial charge is 0.497 e. The number of benzene rings is 3. The molecule has 0 radical (unpaired) electrons. The standard InChI is InChI=1S/C15H12ClNO.C9H9ClO2/c16-15(18)17-13-7-3-1-5-11(13)9-10-12-6-2-4-8-14(12)17;1-12-8-4-2-3-7(5-8)6-9(10)11/h1-8H,9-10H2;2-5H,6H2,1H3. The first-order valence-corrected chi connectivity index (χ1v) is 10.2. The molecule has 0 saturated heterocycles. The molecule has 6 heteroatoms. The SMILES string of the molecule is COc1cccc(CC(=O)Cl)c1.O=C(Cl)N1c2ccccc2CCc2ccccc21. The summed E-state index contributed by atoms with van der Waals surface area (Å²) in [6.07, 6.45) is 2.10. The van der Waals surface area contributed by atoms with Crippen LogP contribution < -0.4 is 9.64 Å². The molecule has 0 aromatic heterocycles. The van der Waals surface area contributed by atoms with E-state index >= 15 is 0 Å². The molecule has 0 N–H and O–H groups in total. The Hall–Kier alpha value is -2.82. The average molecular weight is 442 g/mol. The molecule has 1 aliphatic heterocycles. The van der Waals surface area contributed by atoms with Crippen LogP contribution in [0, 0.1) is 0 Å². The van der Waals surface area contributed by atoms with Gasteiger partial charge in [0.25, 0.3) is 0 Å². The van der Waals surface area contributed by atoms with Gasteiger partial charge >= 0.3 is 5.37 Å². The second kappa shape index (κ2) is 10.3. The van der Waals surface area contributed by atoms with Crippen LogP contribution in [0.15, 0.2) is 72.8 Å². The highest BCUT2D eigenvalue weighted by atomic mass is 35.5. The minimum Gasteiger partial charge on any atom is -0.497 e. The quantitative estimate of drug-likeness (QED) is 0.354. The number of rotatable bonds is 3. The fourth-order valence-electron chi connectivity index (χ4n) is 3.41. The summed E-state index contributed by atoms with van der Waals surface area (Å²) in [4.78, 5) is 23.9. The van der Waals surface area contributed by atoms with Gasteiger partial charge in [-0.2, -0.15) is 0 Å². The van der Waals surface area contributed by atoms with Crippen LogP contribution >= 0.6 is 23.2 Å². The molecule has 3 aromatic rings. The van der Waals surface area contributed by atoms with Gasteiger partial charge in [0.1, 0.15) is 5.75 Å². The fraction of sp³-hybridized carbons (Fsp3) is 0.167. The number of amides is 1. The van der Waals surface area contributed by atoms with Crippen molar-refractivity contribution in [2.75, 3.05) is 12.0 Å². The molecule has 0 aliphatic carbocycles. The van der Waals surface area contributed by atoms with Crippen molar-refractivity contribution in [1.29, 1.82) is 0 Å². The topological polar surface area (TPSA) is 46.6 Å². The van der Waals surface area contributed by atoms with E-state index in [0.717, 1.165) is 46.7 Å². The van der Waals surface area contributed by atoms with Crippen LogP contribution in [0.25, 0.3) is 0 Å². The van der Waals surface area contributed by atoms with Crippen LogP contribution in [0.2, 0.25) is 0 Å². The Morgan fingerprint density at radius 1 is 0.867 bits per heavy atom. The monoisotopic (exact) mass is 441 g/mol. The van der Waals surface area contributed by atoms with E-state index in [1.54, 1.807) is 18.1 Å². The number of carbonyl (C=O) groups excluding carboxylic acids is 2. The molecule has 0 saturated carbocycles. The van der Waals surface area contributed by atoms with Crippen LogP contribution in [-0.2, 0) is 24.1 Å². The lowest BCUT2D eigenvalue weighted by Gasteiger charge is -2.21. The minimum atomic E-state index is -0.461.